The highest BCUT2D eigenvalue weighted by molar-refractivity contribution is 7.89. The van der Waals surface area contributed by atoms with Crippen molar-refractivity contribution in [3.05, 3.63) is 23.3 Å². The molecule has 0 aromatic heterocycles. The molecule has 0 amide bonds. The van der Waals surface area contributed by atoms with Gasteiger partial charge in [-0.15, -0.1) is 0 Å². The van der Waals surface area contributed by atoms with Crippen LogP contribution in [0.25, 0.3) is 0 Å². The molecule has 2 rings (SSSR count). The Kier molecular flexibility index (Phi) is 4.91. The van der Waals surface area contributed by atoms with Gasteiger partial charge in [0.05, 0.1) is 12.3 Å². The molecule has 1 aliphatic carbocycles. The first-order valence-electron chi connectivity index (χ1n) is 7.23. The fourth-order valence-corrected chi connectivity index (χ4v) is 3.70. The molecule has 21 heavy (non-hydrogen) atoms. The molecule has 0 saturated heterocycles. The smallest absolute Gasteiger partial charge is 0.245 e. The van der Waals surface area contributed by atoms with Gasteiger partial charge in [0.1, 0.15) is 4.90 Å². The van der Waals surface area contributed by atoms with Gasteiger partial charge in [0.25, 0.3) is 0 Å². The Morgan fingerprint density at radius 2 is 2.00 bits per heavy atom. The lowest BCUT2D eigenvalue weighted by Crippen LogP contribution is -2.31. The first kappa shape index (κ1) is 16.3. The second-order valence-electron chi connectivity index (χ2n) is 5.77. The lowest BCUT2D eigenvalue weighted by atomic mass is 10.1. The summed E-state index contributed by atoms with van der Waals surface area (Å²) in [7, 11) is -2.01. The van der Waals surface area contributed by atoms with Crippen LogP contribution < -0.4 is 5.73 Å². The van der Waals surface area contributed by atoms with Crippen molar-refractivity contribution in [3.63, 3.8) is 0 Å². The van der Waals surface area contributed by atoms with E-state index in [1.54, 1.807) is 20.0 Å². The molecule has 0 radical (unpaired) electrons. The van der Waals surface area contributed by atoms with Gasteiger partial charge >= 0.3 is 0 Å². The van der Waals surface area contributed by atoms with Crippen LogP contribution in [0.1, 0.15) is 24.0 Å². The van der Waals surface area contributed by atoms with Crippen molar-refractivity contribution in [2.75, 3.05) is 32.5 Å². The van der Waals surface area contributed by atoms with Crippen molar-refractivity contribution in [2.45, 2.75) is 31.6 Å². The molecule has 0 unspecified atom stereocenters. The number of aryl methyl sites for hydroxylation is 1. The average molecular weight is 312 g/mol. The van der Waals surface area contributed by atoms with Gasteiger partial charge < -0.3 is 10.5 Å². The Balaban J connectivity index is 2.07. The van der Waals surface area contributed by atoms with Gasteiger partial charge in [0, 0.05) is 20.2 Å². The summed E-state index contributed by atoms with van der Waals surface area (Å²) >= 11 is 0. The van der Waals surface area contributed by atoms with Crippen LogP contribution in [0.3, 0.4) is 0 Å². The Morgan fingerprint density at radius 1 is 1.33 bits per heavy atom. The van der Waals surface area contributed by atoms with Crippen molar-refractivity contribution in [1.82, 2.24) is 4.31 Å². The molecule has 2 N–H and O–H groups in total. The van der Waals surface area contributed by atoms with Crippen molar-refractivity contribution >= 4 is 15.7 Å². The third-order valence-corrected chi connectivity index (χ3v) is 6.04. The number of nitrogen functional groups attached to an aromatic ring is 1. The van der Waals surface area contributed by atoms with Gasteiger partial charge in [-0.3, -0.25) is 0 Å². The number of nitrogens with zero attached hydrogens (tertiary/aromatic N) is 1. The molecule has 0 spiro atoms. The molecule has 0 bridgehead atoms. The predicted octanol–water partition coefficient (Wildman–Crippen LogP) is 1.93. The molecule has 1 aliphatic rings. The average Bonchev–Trinajstić information content (AvgIpc) is 3.23. The Morgan fingerprint density at radius 3 is 2.62 bits per heavy atom. The number of nitrogens with two attached hydrogens (primary N) is 1. The molecule has 6 heteroatoms. The summed E-state index contributed by atoms with van der Waals surface area (Å²) in [5.74, 6) is 0.682. The van der Waals surface area contributed by atoms with Crippen molar-refractivity contribution < 1.29 is 13.2 Å². The van der Waals surface area contributed by atoms with E-state index in [1.807, 2.05) is 13.0 Å². The fraction of sp³-hybridized carbons (Fsp3) is 0.600. The highest BCUT2D eigenvalue weighted by Crippen LogP contribution is 2.29. The normalized spacial score (nSPS) is 15.6. The minimum Gasteiger partial charge on any atom is -0.398 e. The van der Waals surface area contributed by atoms with E-state index in [0.717, 1.165) is 12.2 Å². The molecule has 1 aromatic carbocycles. The van der Waals surface area contributed by atoms with Gasteiger partial charge in [-0.2, -0.15) is 4.31 Å². The summed E-state index contributed by atoms with van der Waals surface area (Å²) < 4.78 is 32.1. The summed E-state index contributed by atoms with van der Waals surface area (Å²) in [4.78, 5) is 0.215. The summed E-state index contributed by atoms with van der Waals surface area (Å²) in [6, 6.07) is 3.48. The second-order valence-corrected chi connectivity index (χ2v) is 7.75. The van der Waals surface area contributed by atoms with Crippen LogP contribution in [-0.2, 0) is 14.8 Å². The largest absolute Gasteiger partial charge is 0.398 e. The zero-order valence-electron chi connectivity index (χ0n) is 12.9. The monoisotopic (exact) mass is 312 g/mol. The molecule has 1 saturated carbocycles. The number of likely N-dealkylation sites (N-methyl/N-ethyl adjacent to an activating group) is 1. The molecular weight excluding hydrogens is 288 g/mol. The van der Waals surface area contributed by atoms with Gasteiger partial charge in [-0.05, 0) is 49.8 Å². The maximum atomic E-state index is 12.7. The van der Waals surface area contributed by atoms with Crippen molar-refractivity contribution in [3.8, 4) is 0 Å². The number of ether oxygens (including phenoxy) is 1. The van der Waals surface area contributed by atoms with E-state index in [2.05, 4.69) is 0 Å². The van der Waals surface area contributed by atoms with Gasteiger partial charge in [-0.1, -0.05) is 6.07 Å². The van der Waals surface area contributed by atoms with Crippen LogP contribution >= 0.6 is 0 Å². The van der Waals surface area contributed by atoms with Crippen LogP contribution in [-0.4, -0.2) is 39.5 Å². The SMILES string of the molecule is Cc1ccc(N)c(S(=O)(=O)N(C)CCOCC2CC2)c1C. The number of hydrogen-bond acceptors (Lipinski definition) is 4. The molecule has 0 aliphatic heterocycles. The summed E-state index contributed by atoms with van der Waals surface area (Å²) in [6.07, 6.45) is 2.46. The van der Waals surface area contributed by atoms with Crippen LogP contribution in [0, 0.1) is 19.8 Å². The van der Waals surface area contributed by atoms with Crippen molar-refractivity contribution in [2.24, 2.45) is 5.92 Å². The molecule has 118 valence electrons. The summed E-state index contributed by atoms with van der Waals surface area (Å²) in [5.41, 5.74) is 7.80. The minimum atomic E-state index is -3.58. The molecule has 5 nitrogen and oxygen atoms in total. The van der Waals surface area contributed by atoms with Gasteiger partial charge in [0.15, 0.2) is 0 Å². The minimum absolute atomic E-state index is 0.215. The lowest BCUT2D eigenvalue weighted by molar-refractivity contribution is 0.117. The van der Waals surface area contributed by atoms with Gasteiger partial charge in [-0.25, -0.2) is 8.42 Å². The fourth-order valence-electron chi connectivity index (χ4n) is 2.16. The second kappa shape index (κ2) is 6.34. The van der Waals surface area contributed by atoms with E-state index < -0.39 is 10.0 Å². The van der Waals surface area contributed by atoms with Crippen LogP contribution in [0.2, 0.25) is 0 Å². The van der Waals surface area contributed by atoms with Crippen LogP contribution in [0.15, 0.2) is 17.0 Å². The highest BCUT2D eigenvalue weighted by atomic mass is 32.2. The molecule has 0 heterocycles. The summed E-state index contributed by atoms with van der Waals surface area (Å²) in [6.45, 7) is 5.15. The van der Waals surface area contributed by atoms with E-state index in [0.29, 0.717) is 30.3 Å². The highest BCUT2D eigenvalue weighted by Gasteiger charge is 2.26. The lowest BCUT2D eigenvalue weighted by Gasteiger charge is -2.20. The Labute approximate surface area is 127 Å². The maximum Gasteiger partial charge on any atom is 0.245 e. The van der Waals surface area contributed by atoms with E-state index in [1.165, 1.54) is 17.1 Å². The van der Waals surface area contributed by atoms with E-state index in [4.69, 9.17) is 10.5 Å². The van der Waals surface area contributed by atoms with Crippen LogP contribution in [0.5, 0.6) is 0 Å². The van der Waals surface area contributed by atoms with Crippen LogP contribution in [0.4, 0.5) is 5.69 Å². The third-order valence-electron chi connectivity index (χ3n) is 3.98. The Hall–Kier alpha value is -1.11. The number of benzene rings is 1. The number of rotatable bonds is 7. The quantitative estimate of drug-likeness (QED) is 0.617. The molecule has 1 aromatic rings. The zero-order chi connectivity index (χ0) is 15.6. The topological polar surface area (TPSA) is 72.6 Å². The van der Waals surface area contributed by atoms with Gasteiger partial charge in [0.2, 0.25) is 10.0 Å². The Bertz CT molecular complexity index is 610. The zero-order valence-corrected chi connectivity index (χ0v) is 13.7. The first-order valence-corrected chi connectivity index (χ1v) is 8.67. The third kappa shape index (κ3) is 3.75. The standard InChI is InChI=1S/C15H24N2O3S/c1-11-4-7-14(16)15(12(11)2)21(18,19)17(3)8-9-20-10-13-5-6-13/h4,7,13H,5-6,8-10,16H2,1-3H3. The maximum absolute atomic E-state index is 12.7. The van der Waals surface area contributed by atoms with E-state index in [-0.39, 0.29) is 4.90 Å². The number of sulfonamides is 1. The van der Waals surface area contributed by atoms with E-state index in [9.17, 15) is 8.42 Å². The van der Waals surface area contributed by atoms with E-state index >= 15 is 0 Å². The van der Waals surface area contributed by atoms with Crippen molar-refractivity contribution in [1.29, 1.82) is 0 Å². The molecular formula is C15H24N2O3S. The predicted molar refractivity (Wildman–Crippen MR) is 83.7 cm³/mol. The number of anilines is 1. The molecule has 1 fully saturated rings. The molecule has 0 atom stereocenters. The first-order chi connectivity index (χ1) is 9.84. The summed E-state index contributed by atoms with van der Waals surface area (Å²) in [5, 5.41) is 0. The number of hydrogen-bond donors (Lipinski definition) is 1.